The molecule has 0 radical (unpaired) electrons. The average Bonchev–Trinajstić information content (AvgIpc) is 2.90. The predicted molar refractivity (Wildman–Crippen MR) is 80.5 cm³/mol. The number of hydrogen-bond acceptors (Lipinski definition) is 3. The van der Waals surface area contributed by atoms with Gasteiger partial charge in [-0.3, -0.25) is 0 Å². The zero-order valence-electron chi connectivity index (χ0n) is 10.7. The molecule has 0 spiro atoms. The Bertz CT molecular complexity index is 572. The van der Waals surface area contributed by atoms with Gasteiger partial charge in [0.1, 0.15) is 0 Å². The van der Waals surface area contributed by atoms with E-state index in [1.54, 1.807) is 23.5 Å². The van der Waals surface area contributed by atoms with Gasteiger partial charge in [-0.05, 0) is 53.4 Å². The smallest absolute Gasteiger partial charge is 0.0992 e. The van der Waals surface area contributed by atoms with Crippen LogP contribution in [-0.4, -0.2) is 6.04 Å². The van der Waals surface area contributed by atoms with E-state index in [9.17, 15) is 0 Å². The first-order chi connectivity index (χ1) is 9.19. The molecule has 0 aliphatic rings. The number of rotatable bonds is 5. The van der Waals surface area contributed by atoms with E-state index in [4.69, 9.17) is 16.9 Å². The van der Waals surface area contributed by atoms with Crippen LogP contribution in [-0.2, 0) is 13.0 Å². The predicted octanol–water partition coefficient (Wildman–Crippen LogP) is 3.99. The first-order valence-electron chi connectivity index (χ1n) is 6.12. The van der Waals surface area contributed by atoms with Crippen LogP contribution < -0.4 is 5.32 Å². The van der Waals surface area contributed by atoms with Crippen molar-refractivity contribution in [2.24, 2.45) is 0 Å². The van der Waals surface area contributed by atoms with Crippen LogP contribution in [0.3, 0.4) is 0 Å². The highest BCUT2D eigenvalue weighted by Crippen LogP contribution is 2.18. The fourth-order valence-electron chi connectivity index (χ4n) is 1.88. The molecule has 98 valence electrons. The molecule has 1 aromatic carbocycles. The molecular weight excluding hydrogens is 276 g/mol. The van der Waals surface area contributed by atoms with Crippen LogP contribution in [0.5, 0.6) is 0 Å². The second-order valence-electron chi connectivity index (χ2n) is 4.54. The summed E-state index contributed by atoms with van der Waals surface area (Å²) in [7, 11) is 0. The molecule has 0 aliphatic heterocycles. The third-order valence-electron chi connectivity index (χ3n) is 2.95. The number of benzene rings is 1. The van der Waals surface area contributed by atoms with Gasteiger partial charge in [-0.2, -0.15) is 16.6 Å². The maximum atomic E-state index is 8.79. The van der Waals surface area contributed by atoms with E-state index in [1.165, 1.54) is 5.56 Å². The molecule has 4 heteroatoms. The fourth-order valence-corrected chi connectivity index (χ4v) is 2.81. The lowest BCUT2D eigenvalue weighted by Crippen LogP contribution is -2.27. The summed E-state index contributed by atoms with van der Waals surface area (Å²) in [5.41, 5.74) is 2.98. The Labute approximate surface area is 122 Å². The van der Waals surface area contributed by atoms with E-state index in [2.05, 4.69) is 35.1 Å². The number of nitrogens with zero attached hydrogens (tertiary/aromatic N) is 1. The lowest BCUT2D eigenvalue weighted by Gasteiger charge is -2.14. The molecule has 2 nitrogen and oxygen atoms in total. The van der Waals surface area contributed by atoms with Crippen molar-refractivity contribution in [3.8, 4) is 6.07 Å². The van der Waals surface area contributed by atoms with E-state index in [0.29, 0.717) is 16.6 Å². The van der Waals surface area contributed by atoms with Crippen LogP contribution in [0.15, 0.2) is 35.0 Å². The van der Waals surface area contributed by atoms with E-state index in [0.717, 1.165) is 18.5 Å². The molecule has 0 bridgehead atoms. The van der Waals surface area contributed by atoms with Crippen LogP contribution >= 0.6 is 22.9 Å². The number of halogens is 1. The van der Waals surface area contributed by atoms with Gasteiger partial charge in [0, 0.05) is 17.6 Å². The van der Waals surface area contributed by atoms with Crippen LogP contribution in [0.1, 0.15) is 23.6 Å². The van der Waals surface area contributed by atoms with Gasteiger partial charge in [0.05, 0.1) is 11.6 Å². The van der Waals surface area contributed by atoms with Gasteiger partial charge in [-0.15, -0.1) is 0 Å². The Morgan fingerprint density at radius 2 is 2.26 bits per heavy atom. The molecule has 1 aromatic heterocycles. The SMILES string of the molecule is CC(Cc1ccsc1)NCc1ccc(C#N)cc1Cl. The summed E-state index contributed by atoms with van der Waals surface area (Å²) in [4.78, 5) is 0. The lowest BCUT2D eigenvalue weighted by molar-refractivity contribution is 0.546. The van der Waals surface area contributed by atoms with Crippen molar-refractivity contribution in [1.29, 1.82) is 5.26 Å². The Balaban J connectivity index is 1.90. The van der Waals surface area contributed by atoms with E-state index in [-0.39, 0.29) is 0 Å². The molecule has 1 atom stereocenters. The molecule has 0 fully saturated rings. The third kappa shape index (κ3) is 4.07. The molecule has 0 amide bonds. The standard InChI is InChI=1S/C15H15ClN2S/c1-11(6-13-4-5-19-10-13)18-9-14-3-2-12(8-17)7-15(14)16/h2-5,7,10-11,18H,6,9H2,1H3. The lowest BCUT2D eigenvalue weighted by atomic mass is 10.1. The Kier molecular flexibility index (Phi) is 4.98. The van der Waals surface area contributed by atoms with E-state index in [1.807, 2.05) is 6.07 Å². The summed E-state index contributed by atoms with van der Waals surface area (Å²) < 4.78 is 0. The summed E-state index contributed by atoms with van der Waals surface area (Å²) in [6.45, 7) is 2.88. The third-order valence-corrected chi connectivity index (χ3v) is 4.03. The van der Waals surface area contributed by atoms with Crippen LogP contribution in [0.4, 0.5) is 0 Å². The molecular formula is C15H15ClN2S. The summed E-state index contributed by atoms with van der Waals surface area (Å²) in [5.74, 6) is 0. The second kappa shape index (κ2) is 6.72. The van der Waals surface area contributed by atoms with Gasteiger partial charge in [0.15, 0.2) is 0 Å². The minimum absolute atomic E-state index is 0.390. The maximum Gasteiger partial charge on any atom is 0.0992 e. The van der Waals surface area contributed by atoms with Gasteiger partial charge in [0.25, 0.3) is 0 Å². The van der Waals surface area contributed by atoms with Gasteiger partial charge < -0.3 is 5.32 Å². The van der Waals surface area contributed by atoms with Gasteiger partial charge >= 0.3 is 0 Å². The Morgan fingerprint density at radius 1 is 1.42 bits per heavy atom. The van der Waals surface area contributed by atoms with Crippen molar-refractivity contribution >= 4 is 22.9 Å². The van der Waals surface area contributed by atoms with Gasteiger partial charge in [-0.25, -0.2) is 0 Å². The highest BCUT2D eigenvalue weighted by molar-refractivity contribution is 7.07. The number of hydrogen-bond donors (Lipinski definition) is 1. The van der Waals surface area contributed by atoms with Gasteiger partial charge in [0.2, 0.25) is 0 Å². The first-order valence-corrected chi connectivity index (χ1v) is 7.44. The Hall–Kier alpha value is -1.34. The van der Waals surface area contributed by atoms with Crippen molar-refractivity contribution in [3.05, 3.63) is 56.7 Å². The quantitative estimate of drug-likeness (QED) is 0.903. The molecule has 2 rings (SSSR count). The van der Waals surface area contributed by atoms with Crippen molar-refractivity contribution in [1.82, 2.24) is 5.32 Å². The molecule has 19 heavy (non-hydrogen) atoms. The molecule has 1 heterocycles. The number of nitriles is 1. The zero-order valence-corrected chi connectivity index (χ0v) is 12.3. The van der Waals surface area contributed by atoms with E-state index >= 15 is 0 Å². The zero-order chi connectivity index (χ0) is 13.7. The van der Waals surface area contributed by atoms with Crippen LogP contribution in [0.2, 0.25) is 5.02 Å². The van der Waals surface area contributed by atoms with Crippen molar-refractivity contribution in [2.45, 2.75) is 25.9 Å². The molecule has 1 unspecified atom stereocenters. The minimum atomic E-state index is 0.390. The highest BCUT2D eigenvalue weighted by atomic mass is 35.5. The molecule has 0 saturated carbocycles. The largest absolute Gasteiger partial charge is 0.310 e. The van der Waals surface area contributed by atoms with Crippen molar-refractivity contribution in [2.75, 3.05) is 0 Å². The minimum Gasteiger partial charge on any atom is -0.310 e. The molecule has 1 N–H and O–H groups in total. The van der Waals surface area contributed by atoms with Gasteiger partial charge in [-0.1, -0.05) is 17.7 Å². The number of nitrogens with one attached hydrogen (secondary N) is 1. The van der Waals surface area contributed by atoms with Crippen LogP contribution in [0.25, 0.3) is 0 Å². The fraction of sp³-hybridized carbons (Fsp3) is 0.267. The van der Waals surface area contributed by atoms with Crippen molar-refractivity contribution < 1.29 is 0 Å². The van der Waals surface area contributed by atoms with E-state index < -0.39 is 0 Å². The molecule has 0 saturated heterocycles. The van der Waals surface area contributed by atoms with Crippen molar-refractivity contribution in [3.63, 3.8) is 0 Å². The second-order valence-corrected chi connectivity index (χ2v) is 5.72. The highest BCUT2D eigenvalue weighted by Gasteiger charge is 2.06. The number of thiophene rings is 1. The maximum absolute atomic E-state index is 8.79. The van der Waals surface area contributed by atoms with Crippen LogP contribution in [0, 0.1) is 11.3 Å². The summed E-state index contributed by atoms with van der Waals surface area (Å²) >= 11 is 7.87. The summed E-state index contributed by atoms with van der Waals surface area (Å²) in [6, 6.07) is 10.0. The summed E-state index contributed by atoms with van der Waals surface area (Å²) in [5, 5.41) is 17.2. The Morgan fingerprint density at radius 3 is 2.89 bits per heavy atom. The summed E-state index contributed by atoms with van der Waals surface area (Å²) in [6.07, 6.45) is 1.01. The molecule has 0 aliphatic carbocycles. The molecule has 2 aromatic rings. The topological polar surface area (TPSA) is 35.8 Å². The monoisotopic (exact) mass is 290 g/mol. The first kappa shape index (κ1) is 14.1. The normalized spacial score (nSPS) is 12.1. The average molecular weight is 291 g/mol.